The van der Waals surface area contributed by atoms with Crippen LogP contribution in [0.4, 0.5) is 10.1 Å². The zero-order chi connectivity index (χ0) is 22.3. The first-order valence-electron chi connectivity index (χ1n) is 9.76. The number of hydrogen-bond donors (Lipinski definition) is 2. The van der Waals surface area contributed by atoms with Gasteiger partial charge in [-0.2, -0.15) is 0 Å². The number of benzene rings is 3. The van der Waals surface area contributed by atoms with Gasteiger partial charge in [-0.3, -0.25) is 9.52 Å². The molecule has 3 aromatic carbocycles. The molecule has 0 atom stereocenters. The van der Waals surface area contributed by atoms with E-state index in [0.717, 1.165) is 5.56 Å². The van der Waals surface area contributed by atoms with Gasteiger partial charge >= 0.3 is 0 Å². The number of carbonyl (C=O) groups is 1. The first-order chi connectivity index (χ1) is 14.9. The minimum Gasteiger partial charge on any atom is -0.494 e. The van der Waals surface area contributed by atoms with E-state index in [0.29, 0.717) is 36.6 Å². The molecule has 3 aromatic rings. The number of anilines is 1. The van der Waals surface area contributed by atoms with Crippen molar-refractivity contribution in [2.24, 2.45) is 0 Å². The van der Waals surface area contributed by atoms with Crippen LogP contribution in [0.5, 0.6) is 5.75 Å². The molecule has 162 valence electrons. The van der Waals surface area contributed by atoms with Gasteiger partial charge in [0.05, 0.1) is 11.5 Å². The molecule has 0 aliphatic heterocycles. The van der Waals surface area contributed by atoms with Crippen molar-refractivity contribution in [1.82, 2.24) is 5.32 Å². The van der Waals surface area contributed by atoms with Gasteiger partial charge in [-0.05, 0) is 79.6 Å². The van der Waals surface area contributed by atoms with Gasteiger partial charge in [-0.1, -0.05) is 12.1 Å². The van der Waals surface area contributed by atoms with E-state index in [1.807, 2.05) is 6.92 Å². The summed E-state index contributed by atoms with van der Waals surface area (Å²) in [4.78, 5) is 12.4. The highest BCUT2D eigenvalue weighted by molar-refractivity contribution is 7.92. The van der Waals surface area contributed by atoms with E-state index in [1.165, 1.54) is 48.5 Å². The number of sulfonamides is 1. The predicted octanol–water partition coefficient (Wildman–Crippen LogP) is 4.00. The van der Waals surface area contributed by atoms with Gasteiger partial charge in [0.2, 0.25) is 0 Å². The van der Waals surface area contributed by atoms with E-state index < -0.39 is 10.0 Å². The van der Waals surface area contributed by atoms with Crippen LogP contribution in [0.25, 0.3) is 0 Å². The molecule has 0 saturated heterocycles. The molecule has 0 radical (unpaired) electrons. The van der Waals surface area contributed by atoms with Gasteiger partial charge in [-0.15, -0.1) is 0 Å². The monoisotopic (exact) mass is 442 g/mol. The van der Waals surface area contributed by atoms with Crippen LogP contribution in [0.3, 0.4) is 0 Å². The quantitative estimate of drug-likeness (QED) is 0.525. The van der Waals surface area contributed by atoms with Crippen LogP contribution in [0.1, 0.15) is 22.8 Å². The first-order valence-corrected chi connectivity index (χ1v) is 11.2. The molecular formula is C23H23FN2O4S. The van der Waals surface area contributed by atoms with E-state index in [9.17, 15) is 17.6 Å². The summed E-state index contributed by atoms with van der Waals surface area (Å²) in [6, 6.07) is 18.4. The Kier molecular flexibility index (Phi) is 7.25. The van der Waals surface area contributed by atoms with Crippen LogP contribution in [-0.2, 0) is 16.4 Å². The Hall–Kier alpha value is -3.39. The van der Waals surface area contributed by atoms with Crippen molar-refractivity contribution in [3.8, 4) is 5.75 Å². The van der Waals surface area contributed by atoms with Crippen molar-refractivity contribution in [3.63, 3.8) is 0 Å². The summed E-state index contributed by atoms with van der Waals surface area (Å²) in [5, 5.41) is 2.76. The van der Waals surface area contributed by atoms with Crippen LogP contribution in [0, 0.1) is 5.82 Å². The summed E-state index contributed by atoms with van der Waals surface area (Å²) in [6.07, 6.45) is 0.503. The van der Waals surface area contributed by atoms with Gasteiger partial charge in [0.15, 0.2) is 0 Å². The summed E-state index contributed by atoms with van der Waals surface area (Å²) >= 11 is 0. The Bertz CT molecular complexity index is 1130. The standard InChI is InChI=1S/C23H23FN2O4S/c1-2-30-21-10-12-22(13-11-21)31(28,29)26-20-8-6-18(7-9-20)23(27)25-15-14-17-4-3-5-19(24)16-17/h3-13,16,26H,2,14-15H2,1H3,(H,25,27). The summed E-state index contributed by atoms with van der Waals surface area (Å²) in [5.74, 6) is -0.0151. The van der Waals surface area contributed by atoms with E-state index >= 15 is 0 Å². The van der Waals surface area contributed by atoms with Crippen LogP contribution in [-0.4, -0.2) is 27.5 Å². The lowest BCUT2D eigenvalue weighted by Crippen LogP contribution is -2.25. The molecule has 0 aliphatic carbocycles. The van der Waals surface area contributed by atoms with E-state index in [-0.39, 0.29) is 16.6 Å². The minimum atomic E-state index is -3.76. The van der Waals surface area contributed by atoms with E-state index in [1.54, 1.807) is 24.3 Å². The summed E-state index contributed by atoms with van der Waals surface area (Å²) in [6.45, 7) is 2.70. The average Bonchev–Trinajstić information content (AvgIpc) is 2.75. The number of nitrogens with one attached hydrogen (secondary N) is 2. The molecule has 1 amide bonds. The fourth-order valence-electron chi connectivity index (χ4n) is 2.90. The number of carbonyl (C=O) groups excluding carboxylic acids is 1. The van der Waals surface area contributed by atoms with Crippen LogP contribution in [0.2, 0.25) is 0 Å². The molecule has 6 nitrogen and oxygen atoms in total. The Morgan fingerprint density at radius 2 is 1.71 bits per heavy atom. The molecule has 0 spiro atoms. The first kappa shape index (κ1) is 22.3. The minimum absolute atomic E-state index is 0.107. The smallest absolute Gasteiger partial charge is 0.261 e. The van der Waals surface area contributed by atoms with Gasteiger partial charge in [0.25, 0.3) is 15.9 Å². The molecule has 0 unspecified atom stereocenters. The fraction of sp³-hybridized carbons (Fsp3) is 0.174. The van der Waals surface area contributed by atoms with Gasteiger partial charge < -0.3 is 10.1 Å². The van der Waals surface area contributed by atoms with Crippen molar-refractivity contribution in [3.05, 3.63) is 89.7 Å². The number of ether oxygens (including phenoxy) is 1. The fourth-order valence-corrected chi connectivity index (χ4v) is 3.96. The molecule has 2 N–H and O–H groups in total. The zero-order valence-electron chi connectivity index (χ0n) is 17.0. The maximum Gasteiger partial charge on any atom is 0.261 e. The van der Waals surface area contributed by atoms with Crippen molar-refractivity contribution in [1.29, 1.82) is 0 Å². The zero-order valence-corrected chi connectivity index (χ0v) is 17.8. The Balaban J connectivity index is 1.56. The largest absolute Gasteiger partial charge is 0.494 e. The summed E-state index contributed by atoms with van der Waals surface area (Å²) < 4.78 is 46.1. The molecular weight excluding hydrogens is 419 g/mol. The van der Waals surface area contributed by atoms with Crippen molar-refractivity contribution < 1.29 is 22.3 Å². The normalized spacial score (nSPS) is 11.0. The van der Waals surface area contributed by atoms with Crippen molar-refractivity contribution in [2.75, 3.05) is 17.9 Å². The molecule has 0 aliphatic rings. The second-order valence-corrected chi connectivity index (χ2v) is 8.41. The Morgan fingerprint density at radius 1 is 1.00 bits per heavy atom. The third kappa shape index (κ3) is 6.29. The molecule has 0 heterocycles. The van der Waals surface area contributed by atoms with Gasteiger partial charge in [0, 0.05) is 17.8 Å². The van der Waals surface area contributed by atoms with Crippen LogP contribution < -0.4 is 14.8 Å². The molecule has 8 heteroatoms. The number of rotatable bonds is 9. The number of amides is 1. The molecule has 0 aromatic heterocycles. The molecule has 3 rings (SSSR count). The van der Waals surface area contributed by atoms with Crippen molar-refractivity contribution in [2.45, 2.75) is 18.2 Å². The molecule has 31 heavy (non-hydrogen) atoms. The summed E-state index contributed by atoms with van der Waals surface area (Å²) in [5.41, 5.74) is 1.52. The Labute approximate surface area is 181 Å². The van der Waals surface area contributed by atoms with E-state index in [2.05, 4.69) is 10.0 Å². The predicted molar refractivity (Wildman–Crippen MR) is 117 cm³/mol. The lowest BCUT2D eigenvalue weighted by molar-refractivity contribution is 0.0954. The second-order valence-electron chi connectivity index (χ2n) is 6.72. The maximum atomic E-state index is 13.2. The molecule has 0 fully saturated rings. The summed E-state index contributed by atoms with van der Waals surface area (Å²) in [7, 11) is -3.76. The average molecular weight is 443 g/mol. The Morgan fingerprint density at radius 3 is 2.35 bits per heavy atom. The van der Waals surface area contributed by atoms with E-state index in [4.69, 9.17) is 4.74 Å². The number of halogens is 1. The topological polar surface area (TPSA) is 84.5 Å². The molecule has 0 bridgehead atoms. The number of hydrogen-bond acceptors (Lipinski definition) is 4. The highest BCUT2D eigenvalue weighted by Crippen LogP contribution is 2.19. The third-order valence-corrected chi connectivity index (χ3v) is 5.83. The second kappa shape index (κ2) is 10.1. The lowest BCUT2D eigenvalue weighted by atomic mass is 10.1. The highest BCUT2D eigenvalue weighted by atomic mass is 32.2. The maximum absolute atomic E-state index is 13.2. The van der Waals surface area contributed by atoms with Crippen LogP contribution >= 0.6 is 0 Å². The lowest BCUT2D eigenvalue weighted by Gasteiger charge is -2.10. The van der Waals surface area contributed by atoms with Crippen LogP contribution in [0.15, 0.2) is 77.7 Å². The molecule has 0 saturated carbocycles. The highest BCUT2D eigenvalue weighted by Gasteiger charge is 2.15. The third-order valence-electron chi connectivity index (χ3n) is 4.43. The van der Waals surface area contributed by atoms with Gasteiger partial charge in [-0.25, -0.2) is 12.8 Å². The SMILES string of the molecule is CCOc1ccc(S(=O)(=O)Nc2ccc(C(=O)NCCc3cccc(F)c3)cc2)cc1. The van der Waals surface area contributed by atoms with Crippen molar-refractivity contribution >= 4 is 21.6 Å². The van der Waals surface area contributed by atoms with Gasteiger partial charge in [0.1, 0.15) is 11.6 Å².